The molecule has 0 amide bonds. The number of guanidine groups is 1. The summed E-state index contributed by atoms with van der Waals surface area (Å²) in [5.74, 6) is 0.849. The molecule has 5 heteroatoms. The molecule has 0 bridgehead atoms. The maximum atomic E-state index is 6.17. The third-order valence-corrected chi connectivity index (χ3v) is 3.63. The minimum atomic E-state index is 0.605. The second-order valence-electron chi connectivity index (χ2n) is 4.08. The Morgan fingerprint density at radius 3 is 2.88 bits per heavy atom. The van der Waals surface area contributed by atoms with Crippen LogP contribution in [0, 0.1) is 3.57 Å². The smallest absolute Gasteiger partial charge is 0.191 e. The molecule has 1 aromatic rings. The van der Waals surface area contributed by atoms with Gasteiger partial charge in [-0.2, -0.15) is 0 Å². The van der Waals surface area contributed by atoms with Crippen molar-refractivity contribution in [2.45, 2.75) is 25.4 Å². The lowest BCUT2D eigenvalue weighted by Gasteiger charge is -2.12. The molecular formula is C12H15ClIN3. The number of nitrogens with zero attached hydrogens (tertiary/aromatic N) is 1. The number of nitrogens with one attached hydrogen (secondary N) is 2. The molecule has 0 atom stereocenters. The molecule has 0 spiro atoms. The second kappa shape index (κ2) is 5.91. The van der Waals surface area contributed by atoms with Gasteiger partial charge in [-0.15, -0.1) is 0 Å². The predicted octanol–water partition coefficient (Wildman–Crippen LogP) is 2.77. The molecule has 0 unspecified atom stereocenters. The molecule has 2 N–H and O–H groups in total. The van der Waals surface area contributed by atoms with Gasteiger partial charge in [-0.05, 0) is 53.1 Å². The molecule has 0 saturated heterocycles. The lowest BCUT2D eigenvalue weighted by Crippen LogP contribution is -2.38. The molecule has 0 radical (unpaired) electrons. The van der Waals surface area contributed by atoms with Crippen molar-refractivity contribution >= 4 is 40.2 Å². The van der Waals surface area contributed by atoms with E-state index in [0.29, 0.717) is 12.6 Å². The highest BCUT2D eigenvalue weighted by molar-refractivity contribution is 14.1. The van der Waals surface area contributed by atoms with Crippen LogP contribution in [0.5, 0.6) is 0 Å². The van der Waals surface area contributed by atoms with Crippen LogP contribution in [0.25, 0.3) is 0 Å². The van der Waals surface area contributed by atoms with E-state index >= 15 is 0 Å². The van der Waals surface area contributed by atoms with Crippen molar-refractivity contribution in [3.05, 3.63) is 32.4 Å². The summed E-state index contributed by atoms with van der Waals surface area (Å²) in [6.07, 6.45) is 2.48. The van der Waals surface area contributed by atoms with E-state index in [-0.39, 0.29) is 0 Å². The van der Waals surface area contributed by atoms with Gasteiger partial charge in [-0.3, -0.25) is 4.99 Å². The first-order chi connectivity index (χ1) is 8.19. The lowest BCUT2D eigenvalue weighted by molar-refractivity contribution is 0.805. The van der Waals surface area contributed by atoms with Gasteiger partial charge in [-0.25, -0.2) is 0 Å². The zero-order valence-electron chi connectivity index (χ0n) is 9.63. The SMILES string of the molecule is CN=C(NCc1ccc(I)cc1Cl)NC1CC1. The van der Waals surface area contributed by atoms with Crippen molar-refractivity contribution in [2.24, 2.45) is 4.99 Å². The molecule has 92 valence electrons. The molecule has 0 aromatic heterocycles. The van der Waals surface area contributed by atoms with Crippen molar-refractivity contribution in [1.82, 2.24) is 10.6 Å². The molecule has 2 rings (SSSR count). The molecule has 3 nitrogen and oxygen atoms in total. The monoisotopic (exact) mass is 363 g/mol. The van der Waals surface area contributed by atoms with Crippen LogP contribution in [-0.2, 0) is 6.54 Å². The molecule has 0 heterocycles. The summed E-state index contributed by atoms with van der Waals surface area (Å²) in [7, 11) is 1.78. The number of benzene rings is 1. The highest BCUT2D eigenvalue weighted by atomic mass is 127. The van der Waals surface area contributed by atoms with Crippen LogP contribution < -0.4 is 10.6 Å². The van der Waals surface area contributed by atoms with Gasteiger partial charge in [-0.1, -0.05) is 17.7 Å². The van der Waals surface area contributed by atoms with Crippen molar-refractivity contribution in [1.29, 1.82) is 0 Å². The van der Waals surface area contributed by atoms with Crippen molar-refractivity contribution in [3.63, 3.8) is 0 Å². The number of hydrogen-bond donors (Lipinski definition) is 2. The highest BCUT2D eigenvalue weighted by Crippen LogP contribution is 2.20. The van der Waals surface area contributed by atoms with Crippen molar-refractivity contribution in [2.75, 3.05) is 7.05 Å². The van der Waals surface area contributed by atoms with Gasteiger partial charge in [0.2, 0.25) is 0 Å². The zero-order chi connectivity index (χ0) is 12.3. The topological polar surface area (TPSA) is 36.4 Å². The van der Waals surface area contributed by atoms with E-state index in [0.717, 1.165) is 20.1 Å². The van der Waals surface area contributed by atoms with Gasteiger partial charge in [0.25, 0.3) is 0 Å². The Morgan fingerprint density at radius 1 is 1.53 bits per heavy atom. The molecule has 0 aliphatic heterocycles. The van der Waals surface area contributed by atoms with Gasteiger partial charge >= 0.3 is 0 Å². The molecule has 1 saturated carbocycles. The van der Waals surface area contributed by atoms with Gasteiger partial charge in [0.1, 0.15) is 0 Å². The zero-order valence-corrected chi connectivity index (χ0v) is 12.5. The van der Waals surface area contributed by atoms with Crippen LogP contribution >= 0.6 is 34.2 Å². The van der Waals surface area contributed by atoms with Gasteiger partial charge in [0, 0.05) is 28.2 Å². The van der Waals surface area contributed by atoms with E-state index in [1.807, 2.05) is 12.1 Å². The summed E-state index contributed by atoms with van der Waals surface area (Å²) >= 11 is 8.42. The third kappa shape index (κ3) is 4.03. The Balaban J connectivity index is 1.91. The molecule has 1 aromatic carbocycles. The highest BCUT2D eigenvalue weighted by Gasteiger charge is 2.22. The van der Waals surface area contributed by atoms with E-state index in [2.05, 4.69) is 44.3 Å². The van der Waals surface area contributed by atoms with Crippen LogP contribution in [0.2, 0.25) is 5.02 Å². The number of aliphatic imine (C=N–C) groups is 1. The lowest BCUT2D eigenvalue weighted by atomic mass is 10.2. The maximum Gasteiger partial charge on any atom is 0.191 e. The van der Waals surface area contributed by atoms with E-state index in [1.165, 1.54) is 12.8 Å². The Hall–Kier alpha value is -0.490. The summed E-state index contributed by atoms with van der Waals surface area (Å²) in [4.78, 5) is 4.18. The van der Waals surface area contributed by atoms with Crippen LogP contribution in [0.15, 0.2) is 23.2 Å². The molecule has 1 fully saturated rings. The summed E-state index contributed by atoms with van der Waals surface area (Å²) in [6, 6.07) is 6.67. The average Bonchev–Trinajstić information content (AvgIpc) is 3.10. The fourth-order valence-corrected chi connectivity index (χ4v) is 2.38. The standard InChI is InChI=1S/C12H15ClIN3/c1-15-12(17-10-4-5-10)16-7-8-2-3-9(14)6-11(8)13/h2-3,6,10H,4-5,7H2,1H3,(H2,15,16,17). The van der Waals surface area contributed by atoms with Crippen LogP contribution in [0.4, 0.5) is 0 Å². The minimum Gasteiger partial charge on any atom is -0.354 e. The first kappa shape index (κ1) is 13.0. The Kier molecular flexibility index (Phi) is 4.50. The van der Waals surface area contributed by atoms with Crippen LogP contribution in [-0.4, -0.2) is 19.0 Å². The van der Waals surface area contributed by atoms with E-state index in [9.17, 15) is 0 Å². The Labute approximate surface area is 120 Å². The molecule has 1 aliphatic carbocycles. The van der Waals surface area contributed by atoms with E-state index in [1.54, 1.807) is 7.05 Å². The number of hydrogen-bond acceptors (Lipinski definition) is 1. The van der Waals surface area contributed by atoms with Gasteiger partial charge in [0.15, 0.2) is 5.96 Å². The molecular weight excluding hydrogens is 349 g/mol. The largest absolute Gasteiger partial charge is 0.354 e. The molecule has 1 aliphatic rings. The maximum absolute atomic E-state index is 6.17. The Morgan fingerprint density at radius 2 is 2.29 bits per heavy atom. The summed E-state index contributed by atoms with van der Waals surface area (Å²) in [6.45, 7) is 0.697. The number of halogens is 2. The van der Waals surface area contributed by atoms with E-state index in [4.69, 9.17) is 11.6 Å². The number of rotatable bonds is 3. The van der Waals surface area contributed by atoms with Gasteiger partial charge < -0.3 is 10.6 Å². The summed E-state index contributed by atoms with van der Waals surface area (Å²) in [5, 5.41) is 7.40. The van der Waals surface area contributed by atoms with E-state index < -0.39 is 0 Å². The van der Waals surface area contributed by atoms with Crippen molar-refractivity contribution < 1.29 is 0 Å². The fourth-order valence-electron chi connectivity index (χ4n) is 1.46. The summed E-state index contributed by atoms with van der Waals surface area (Å²) in [5.41, 5.74) is 1.09. The van der Waals surface area contributed by atoms with Crippen molar-refractivity contribution in [3.8, 4) is 0 Å². The fraction of sp³-hybridized carbons (Fsp3) is 0.417. The van der Waals surface area contributed by atoms with Crippen LogP contribution in [0.1, 0.15) is 18.4 Å². The predicted molar refractivity (Wildman–Crippen MR) is 80.5 cm³/mol. The minimum absolute atomic E-state index is 0.605. The third-order valence-electron chi connectivity index (χ3n) is 2.60. The summed E-state index contributed by atoms with van der Waals surface area (Å²) < 4.78 is 1.15. The Bertz CT molecular complexity index is 430. The average molecular weight is 364 g/mol. The van der Waals surface area contributed by atoms with Gasteiger partial charge in [0.05, 0.1) is 0 Å². The normalized spacial score (nSPS) is 15.8. The first-order valence-electron chi connectivity index (χ1n) is 5.60. The van der Waals surface area contributed by atoms with Crippen LogP contribution in [0.3, 0.4) is 0 Å². The quantitative estimate of drug-likeness (QED) is 0.492. The second-order valence-corrected chi connectivity index (χ2v) is 5.73. The first-order valence-corrected chi connectivity index (χ1v) is 7.06. The molecule has 17 heavy (non-hydrogen) atoms.